The second-order valence-corrected chi connectivity index (χ2v) is 4.84. The zero-order chi connectivity index (χ0) is 12.9. The van der Waals surface area contributed by atoms with Crippen LogP contribution in [0, 0.1) is 5.92 Å². The molecule has 0 radical (unpaired) electrons. The monoisotopic (exact) mass is 259 g/mol. The van der Waals surface area contributed by atoms with E-state index in [0.29, 0.717) is 26.4 Å². The minimum atomic E-state index is 0.680. The zero-order valence-electron chi connectivity index (χ0n) is 11.8. The summed E-state index contributed by atoms with van der Waals surface area (Å²) in [5.74, 6) is 0.817. The van der Waals surface area contributed by atoms with Crippen LogP contribution in [0.2, 0.25) is 0 Å². The number of nitrogens with one attached hydrogen (secondary N) is 1. The largest absolute Gasteiger partial charge is 0.379 e. The van der Waals surface area contributed by atoms with Crippen LogP contribution in [0.25, 0.3) is 0 Å². The summed E-state index contributed by atoms with van der Waals surface area (Å²) in [5.41, 5.74) is 0. The van der Waals surface area contributed by atoms with Gasteiger partial charge in [0, 0.05) is 13.2 Å². The molecule has 0 aromatic carbocycles. The topological polar surface area (TPSA) is 39.7 Å². The highest BCUT2D eigenvalue weighted by atomic mass is 16.5. The Kier molecular flexibility index (Phi) is 10.5. The van der Waals surface area contributed by atoms with Gasteiger partial charge in [0.1, 0.15) is 0 Å². The standard InChI is InChI=1S/C14H29NO3/c1-2-3-7-16-9-11-18-12-10-17-8-5-14-4-6-15-13-14/h14-15H,2-13H2,1H3. The van der Waals surface area contributed by atoms with Crippen molar-refractivity contribution in [2.24, 2.45) is 5.92 Å². The quantitative estimate of drug-likeness (QED) is 0.543. The molecule has 0 saturated carbocycles. The van der Waals surface area contributed by atoms with E-state index in [1.807, 2.05) is 0 Å². The van der Waals surface area contributed by atoms with Crippen LogP contribution in [0.4, 0.5) is 0 Å². The molecule has 1 N–H and O–H groups in total. The van der Waals surface area contributed by atoms with E-state index in [1.54, 1.807) is 0 Å². The minimum Gasteiger partial charge on any atom is -0.379 e. The number of unbranched alkanes of at least 4 members (excludes halogenated alkanes) is 1. The Morgan fingerprint density at radius 2 is 1.61 bits per heavy atom. The molecule has 0 amide bonds. The van der Waals surface area contributed by atoms with Crippen LogP contribution in [0.15, 0.2) is 0 Å². The number of rotatable bonds is 12. The first-order valence-corrected chi connectivity index (χ1v) is 7.37. The summed E-state index contributed by atoms with van der Waals surface area (Å²) >= 11 is 0. The van der Waals surface area contributed by atoms with E-state index in [4.69, 9.17) is 14.2 Å². The molecule has 4 nitrogen and oxygen atoms in total. The molecule has 4 heteroatoms. The van der Waals surface area contributed by atoms with Gasteiger partial charge in [0.15, 0.2) is 0 Å². The lowest BCUT2D eigenvalue weighted by Crippen LogP contribution is -2.13. The van der Waals surface area contributed by atoms with Crippen LogP contribution in [-0.4, -0.2) is 52.7 Å². The summed E-state index contributed by atoms with van der Waals surface area (Å²) in [6.45, 7) is 8.98. The van der Waals surface area contributed by atoms with E-state index >= 15 is 0 Å². The molecule has 1 aliphatic rings. The molecule has 1 rings (SSSR count). The van der Waals surface area contributed by atoms with Crippen molar-refractivity contribution in [1.82, 2.24) is 5.32 Å². The maximum atomic E-state index is 5.55. The average Bonchev–Trinajstić information content (AvgIpc) is 2.89. The van der Waals surface area contributed by atoms with Crippen molar-refractivity contribution < 1.29 is 14.2 Å². The van der Waals surface area contributed by atoms with E-state index < -0.39 is 0 Å². The molecule has 1 saturated heterocycles. The first-order chi connectivity index (χ1) is 8.93. The van der Waals surface area contributed by atoms with Crippen molar-refractivity contribution in [2.75, 3.05) is 52.7 Å². The summed E-state index contributed by atoms with van der Waals surface area (Å²) in [4.78, 5) is 0. The van der Waals surface area contributed by atoms with Crippen LogP contribution >= 0.6 is 0 Å². The molecule has 0 spiro atoms. The lowest BCUT2D eigenvalue weighted by molar-refractivity contribution is 0.0121. The van der Waals surface area contributed by atoms with Gasteiger partial charge in [-0.25, -0.2) is 0 Å². The first kappa shape index (κ1) is 15.9. The number of hydrogen-bond donors (Lipinski definition) is 1. The van der Waals surface area contributed by atoms with E-state index in [-0.39, 0.29) is 0 Å². The number of hydrogen-bond acceptors (Lipinski definition) is 4. The SMILES string of the molecule is CCCCOCCOCCOCCC1CCNC1. The fraction of sp³-hybridized carbons (Fsp3) is 1.00. The highest BCUT2D eigenvalue weighted by Gasteiger charge is 2.13. The molecule has 0 aliphatic carbocycles. The van der Waals surface area contributed by atoms with Gasteiger partial charge in [0.25, 0.3) is 0 Å². The summed E-state index contributed by atoms with van der Waals surface area (Å²) in [6, 6.07) is 0. The summed E-state index contributed by atoms with van der Waals surface area (Å²) in [5, 5.41) is 3.37. The van der Waals surface area contributed by atoms with Gasteiger partial charge >= 0.3 is 0 Å². The average molecular weight is 259 g/mol. The van der Waals surface area contributed by atoms with E-state index in [9.17, 15) is 0 Å². The van der Waals surface area contributed by atoms with E-state index in [1.165, 1.54) is 25.8 Å². The molecule has 0 aromatic heterocycles. The summed E-state index contributed by atoms with van der Waals surface area (Å²) in [7, 11) is 0. The Bertz CT molecular complexity index is 172. The smallest absolute Gasteiger partial charge is 0.0701 e. The Balaban J connectivity index is 1.68. The van der Waals surface area contributed by atoms with Crippen LogP contribution < -0.4 is 5.32 Å². The Labute approximate surface area is 111 Å². The minimum absolute atomic E-state index is 0.680. The van der Waals surface area contributed by atoms with Crippen LogP contribution in [0.3, 0.4) is 0 Å². The molecule has 0 aromatic rings. The highest BCUT2D eigenvalue weighted by Crippen LogP contribution is 2.11. The second-order valence-electron chi connectivity index (χ2n) is 4.84. The predicted octanol–water partition coefficient (Wildman–Crippen LogP) is 1.84. The molecule has 1 unspecified atom stereocenters. The summed E-state index contributed by atoms with van der Waals surface area (Å²) in [6.07, 6.45) is 4.80. The first-order valence-electron chi connectivity index (χ1n) is 7.37. The van der Waals surface area contributed by atoms with Crippen molar-refractivity contribution in [3.05, 3.63) is 0 Å². The second kappa shape index (κ2) is 11.9. The van der Waals surface area contributed by atoms with Crippen molar-refractivity contribution in [3.8, 4) is 0 Å². The fourth-order valence-corrected chi connectivity index (χ4v) is 2.00. The highest BCUT2D eigenvalue weighted by molar-refractivity contribution is 4.70. The lowest BCUT2D eigenvalue weighted by Gasteiger charge is -2.09. The third kappa shape index (κ3) is 8.86. The molecular formula is C14H29NO3. The van der Waals surface area contributed by atoms with Gasteiger partial charge in [-0.3, -0.25) is 0 Å². The van der Waals surface area contributed by atoms with Gasteiger partial charge in [-0.05, 0) is 38.3 Å². The van der Waals surface area contributed by atoms with Crippen LogP contribution in [0.1, 0.15) is 32.6 Å². The predicted molar refractivity (Wildman–Crippen MR) is 73.0 cm³/mol. The summed E-state index contributed by atoms with van der Waals surface area (Å²) < 4.78 is 16.4. The Morgan fingerprint density at radius 1 is 0.944 bits per heavy atom. The lowest BCUT2D eigenvalue weighted by atomic mass is 10.1. The molecule has 1 aliphatic heterocycles. The van der Waals surface area contributed by atoms with Gasteiger partial charge in [-0.2, -0.15) is 0 Å². The molecule has 108 valence electrons. The Hall–Kier alpha value is -0.160. The van der Waals surface area contributed by atoms with Gasteiger partial charge in [0.2, 0.25) is 0 Å². The maximum absolute atomic E-state index is 5.55. The molecule has 18 heavy (non-hydrogen) atoms. The van der Waals surface area contributed by atoms with Gasteiger partial charge < -0.3 is 19.5 Å². The van der Waals surface area contributed by atoms with Gasteiger partial charge in [-0.1, -0.05) is 13.3 Å². The van der Waals surface area contributed by atoms with Crippen molar-refractivity contribution >= 4 is 0 Å². The molecule has 1 heterocycles. The zero-order valence-corrected chi connectivity index (χ0v) is 11.8. The van der Waals surface area contributed by atoms with E-state index in [2.05, 4.69) is 12.2 Å². The van der Waals surface area contributed by atoms with Crippen LogP contribution in [0.5, 0.6) is 0 Å². The third-order valence-electron chi connectivity index (χ3n) is 3.22. The van der Waals surface area contributed by atoms with Gasteiger partial charge in [0.05, 0.1) is 26.4 Å². The number of ether oxygens (including phenoxy) is 3. The van der Waals surface area contributed by atoms with Crippen molar-refractivity contribution in [1.29, 1.82) is 0 Å². The normalized spacial score (nSPS) is 19.5. The molecular weight excluding hydrogens is 230 g/mol. The van der Waals surface area contributed by atoms with Crippen molar-refractivity contribution in [3.63, 3.8) is 0 Å². The van der Waals surface area contributed by atoms with Gasteiger partial charge in [-0.15, -0.1) is 0 Å². The van der Waals surface area contributed by atoms with E-state index in [0.717, 1.165) is 32.1 Å². The Morgan fingerprint density at radius 3 is 2.22 bits per heavy atom. The van der Waals surface area contributed by atoms with Crippen LogP contribution in [-0.2, 0) is 14.2 Å². The fourth-order valence-electron chi connectivity index (χ4n) is 2.00. The molecule has 1 fully saturated rings. The molecule has 1 atom stereocenters. The molecule has 0 bridgehead atoms. The maximum Gasteiger partial charge on any atom is 0.0701 e. The van der Waals surface area contributed by atoms with Crippen molar-refractivity contribution in [2.45, 2.75) is 32.6 Å². The third-order valence-corrected chi connectivity index (χ3v) is 3.22.